The molecule has 2 heterocycles. The number of amides is 1. The van der Waals surface area contributed by atoms with E-state index < -0.39 is 9.84 Å². The first-order chi connectivity index (χ1) is 12.4. The Morgan fingerprint density at radius 3 is 2.50 bits per heavy atom. The molecule has 0 aliphatic carbocycles. The maximum atomic E-state index is 12.5. The molecule has 1 aromatic heterocycles. The third-order valence-corrected chi connectivity index (χ3v) is 6.20. The molecule has 138 valence electrons. The number of benzene rings is 1. The molecule has 0 radical (unpaired) electrons. The van der Waals surface area contributed by atoms with Crippen molar-refractivity contribution < 1.29 is 17.9 Å². The quantitative estimate of drug-likeness (QED) is 0.861. The highest BCUT2D eigenvalue weighted by Gasteiger charge is 2.33. The van der Waals surface area contributed by atoms with Crippen LogP contribution in [0, 0.1) is 0 Å². The number of sulfone groups is 1. The van der Waals surface area contributed by atoms with Gasteiger partial charge in [0.15, 0.2) is 9.84 Å². The molecule has 1 aliphatic rings. The summed E-state index contributed by atoms with van der Waals surface area (Å²) in [6, 6.07) is 10.5. The molecule has 8 heteroatoms. The lowest BCUT2D eigenvalue weighted by molar-refractivity contribution is 0.0747. The molecule has 1 atom stereocenters. The van der Waals surface area contributed by atoms with Gasteiger partial charge < -0.3 is 15.0 Å². The number of rotatable bonds is 5. The van der Waals surface area contributed by atoms with Gasteiger partial charge in [-0.05, 0) is 42.8 Å². The number of carbonyl (C=O) groups excluding carboxylic acids is 1. The van der Waals surface area contributed by atoms with Gasteiger partial charge in [0.25, 0.3) is 5.91 Å². The van der Waals surface area contributed by atoms with E-state index in [1.165, 1.54) is 11.1 Å². The van der Waals surface area contributed by atoms with E-state index in [-0.39, 0.29) is 23.5 Å². The highest BCUT2D eigenvalue weighted by atomic mass is 32.2. The van der Waals surface area contributed by atoms with E-state index in [9.17, 15) is 13.2 Å². The zero-order valence-corrected chi connectivity index (χ0v) is 15.5. The van der Waals surface area contributed by atoms with Gasteiger partial charge in [0.1, 0.15) is 11.6 Å². The molecule has 1 saturated heterocycles. The Labute approximate surface area is 152 Å². The normalized spacial score (nSPS) is 18.3. The summed E-state index contributed by atoms with van der Waals surface area (Å²) in [7, 11) is 0.214. The van der Waals surface area contributed by atoms with Crippen molar-refractivity contribution >= 4 is 27.2 Å². The second kappa shape index (κ2) is 7.33. The standard InChI is InChI=1S/C18H21N3O4S/c1-21(15-9-10-26(23,24)12-15)18(22)13-3-8-17(19-11-13)20-14-4-6-16(25-2)7-5-14/h3-8,11,15H,9-10,12H2,1-2H3,(H,19,20). The van der Waals surface area contributed by atoms with E-state index in [0.717, 1.165) is 11.4 Å². The highest BCUT2D eigenvalue weighted by molar-refractivity contribution is 7.91. The molecule has 1 aliphatic heterocycles. The van der Waals surface area contributed by atoms with Crippen molar-refractivity contribution in [2.45, 2.75) is 12.5 Å². The summed E-state index contributed by atoms with van der Waals surface area (Å²) in [6.07, 6.45) is 1.98. The summed E-state index contributed by atoms with van der Waals surface area (Å²) >= 11 is 0. The molecule has 1 unspecified atom stereocenters. The van der Waals surface area contributed by atoms with Gasteiger partial charge in [0.05, 0.1) is 24.2 Å². The van der Waals surface area contributed by atoms with Crippen molar-refractivity contribution in [1.82, 2.24) is 9.88 Å². The van der Waals surface area contributed by atoms with Crippen LogP contribution in [-0.4, -0.2) is 55.9 Å². The van der Waals surface area contributed by atoms with Crippen molar-refractivity contribution in [3.8, 4) is 5.75 Å². The Balaban J connectivity index is 1.65. The Hall–Kier alpha value is -2.61. The van der Waals surface area contributed by atoms with E-state index >= 15 is 0 Å². The van der Waals surface area contributed by atoms with Crippen molar-refractivity contribution in [1.29, 1.82) is 0 Å². The van der Waals surface area contributed by atoms with Crippen LogP contribution in [0.1, 0.15) is 16.8 Å². The van der Waals surface area contributed by atoms with Crippen LogP contribution in [0.5, 0.6) is 5.75 Å². The van der Waals surface area contributed by atoms with E-state index in [1.54, 1.807) is 26.3 Å². The lowest BCUT2D eigenvalue weighted by Gasteiger charge is -2.23. The van der Waals surface area contributed by atoms with Crippen molar-refractivity contribution in [3.05, 3.63) is 48.2 Å². The zero-order chi connectivity index (χ0) is 18.7. The summed E-state index contributed by atoms with van der Waals surface area (Å²) in [4.78, 5) is 18.3. The summed E-state index contributed by atoms with van der Waals surface area (Å²) in [5.41, 5.74) is 1.28. The molecule has 26 heavy (non-hydrogen) atoms. The fraction of sp³-hybridized carbons (Fsp3) is 0.333. The van der Waals surface area contributed by atoms with Gasteiger partial charge in [-0.1, -0.05) is 0 Å². The molecule has 3 rings (SSSR count). The maximum Gasteiger partial charge on any atom is 0.255 e. The largest absolute Gasteiger partial charge is 0.497 e. The molecule has 0 spiro atoms. The molecular weight excluding hydrogens is 354 g/mol. The molecule has 1 amide bonds. The second-order valence-corrected chi connectivity index (χ2v) is 8.49. The fourth-order valence-corrected chi connectivity index (χ4v) is 4.64. The first-order valence-electron chi connectivity index (χ1n) is 8.23. The number of aromatic nitrogens is 1. The average molecular weight is 375 g/mol. The Bertz CT molecular complexity index is 880. The van der Waals surface area contributed by atoms with Gasteiger partial charge in [-0.2, -0.15) is 0 Å². The SMILES string of the molecule is COc1ccc(Nc2ccc(C(=O)N(C)C3CCS(=O)(=O)C3)cn2)cc1. The fourth-order valence-electron chi connectivity index (χ4n) is 2.87. The monoisotopic (exact) mass is 375 g/mol. The predicted molar refractivity (Wildman–Crippen MR) is 99.7 cm³/mol. The molecule has 1 N–H and O–H groups in total. The second-order valence-electron chi connectivity index (χ2n) is 6.26. The smallest absolute Gasteiger partial charge is 0.255 e. The predicted octanol–water partition coefficient (Wildman–Crippen LogP) is 2.09. The van der Waals surface area contributed by atoms with Gasteiger partial charge in [-0.3, -0.25) is 4.79 Å². The minimum atomic E-state index is -3.03. The lowest BCUT2D eigenvalue weighted by Crippen LogP contribution is -2.37. The minimum absolute atomic E-state index is 0.0276. The van der Waals surface area contributed by atoms with Crippen LogP contribution in [0.3, 0.4) is 0 Å². The lowest BCUT2D eigenvalue weighted by atomic mass is 10.2. The summed E-state index contributed by atoms with van der Waals surface area (Å²) in [5.74, 6) is 1.31. The van der Waals surface area contributed by atoms with Crippen LogP contribution < -0.4 is 10.1 Å². The number of hydrogen-bond acceptors (Lipinski definition) is 6. The number of methoxy groups -OCH3 is 1. The van der Waals surface area contributed by atoms with Gasteiger partial charge >= 0.3 is 0 Å². The number of pyridine rings is 1. The first-order valence-corrected chi connectivity index (χ1v) is 10.0. The number of hydrogen-bond donors (Lipinski definition) is 1. The third kappa shape index (κ3) is 4.13. The van der Waals surface area contributed by atoms with Gasteiger partial charge in [0.2, 0.25) is 0 Å². The minimum Gasteiger partial charge on any atom is -0.497 e. The zero-order valence-electron chi connectivity index (χ0n) is 14.7. The third-order valence-electron chi connectivity index (χ3n) is 4.45. The van der Waals surface area contributed by atoms with Crippen LogP contribution in [0.4, 0.5) is 11.5 Å². The molecule has 7 nitrogen and oxygen atoms in total. The van der Waals surface area contributed by atoms with Crippen LogP contribution in [-0.2, 0) is 9.84 Å². The van der Waals surface area contributed by atoms with Crippen molar-refractivity contribution in [3.63, 3.8) is 0 Å². The van der Waals surface area contributed by atoms with Gasteiger partial charge in [0, 0.05) is 25.0 Å². The number of nitrogens with zero attached hydrogens (tertiary/aromatic N) is 2. The summed E-state index contributed by atoms with van der Waals surface area (Å²) in [5, 5.41) is 3.15. The van der Waals surface area contributed by atoms with Crippen LogP contribution >= 0.6 is 0 Å². The number of nitrogens with one attached hydrogen (secondary N) is 1. The summed E-state index contributed by atoms with van der Waals surface area (Å²) in [6.45, 7) is 0. The van der Waals surface area contributed by atoms with Crippen molar-refractivity contribution in [2.24, 2.45) is 0 Å². The average Bonchev–Trinajstić information content (AvgIpc) is 3.01. The number of anilines is 2. The Morgan fingerprint density at radius 2 is 1.96 bits per heavy atom. The van der Waals surface area contributed by atoms with Gasteiger partial charge in [-0.25, -0.2) is 13.4 Å². The maximum absolute atomic E-state index is 12.5. The Morgan fingerprint density at radius 1 is 1.23 bits per heavy atom. The number of carbonyl (C=O) groups is 1. The molecule has 2 aromatic rings. The highest BCUT2D eigenvalue weighted by Crippen LogP contribution is 2.21. The van der Waals surface area contributed by atoms with Crippen molar-refractivity contribution in [2.75, 3.05) is 31.0 Å². The number of ether oxygens (including phenoxy) is 1. The van der Waals surface area contributed by atoms with Crippen LogP contribution in [0.15, 0.2) is 42.6 Å². The molecule has 1 fully saturated rings. The van der Waals surface area contributed by atoms with E-state index in [0.29, 0.717) is 17.8 Å². The van der Waals surface area contributed by atoms with Crippen LogP contribution in [0.25, 0.3) is 0 Å². The first kappa shape index (κ1) is 18.2. The Kier molecular flexibility index (Phi) is 5.13. The van der Waals surface area contributed by atoms with Gasteiger partial charge in [-0.15, -0.1) is 0 Å². The van der Waals surface area contributed by atoms with E-state index in [4.69, 9.17) is 4.74 Å². The van der Waals surface area contributed by atoms with Crippen LogP contribution in [0.2, 0.25) is 0 Å². The van der Waals surface area contributed by atoms with E-state index in [1.807, 2.05) is 24.3 Å². The molecule has 0 saturated carbocycles. The molecule has 0 bridgehead atoms. The molecule has 1 aromatic carbocycles. The molecular formula is C18H21N3O4S. The van der Waals surface area contributed by atoms with E-state index in [2.05, 4.69) is 10.3 Å². The summed E-state index contributed by atoms with van der Waals surface area (Å²) < 4.78 is 28.3. The topological polar surface area (TPSA) is 88.6 Å².